The monoisotopic (exact) mass is 338 g/mol. The van der Waals surface area contributed by atoms with Gasteiger partial charge in [0.15, 0.2) is 0 Å². The van der Waals surface area contributed by atoms with Gasteiger partial charge >= 0.3 is 0 Å². The van der Waals surface area contributed by atoms with Crippen LogP contribution in [0.3, 0.4) is 0 Å². The molecule has 1 amide bonds. The van der Waals surface area contributed by atoms with Gasteiger partial charge in [-0.2, -0.15) is 0 Å². The van der Waals surface area contributed by atoms with Gasteiger partial charge in [0.05, 0.1) is 4.90 Å². The largest absolute Gasteiger partial charge is 0.309 e. The zero-order valence-corrected chi connectivity index (χ0v) is 15.2. The van der Waals surface area contributed by atoms with Crippen molar-refractivity contribution in [1.29, 1.82) is 0 Å². The van der Waals surface area contributed by atoms with Gasteiger partial charge in [-0.1, -0.05) is 20.3 Å². The first-order chi connectivity index (χ1) is 10.8. The van der Waals surface area contributed by atoms with Crippen molar-refractivity contribution in [3.8, 4) is 0 Å². The number of fused-ring (bicyclic) bond motifs is 1. The third-order valence-electron chi connectivity index (χ3n) is 4.37. The molecule has 0 saturated carbocycles. The Kier molecular flexibility index (Phi) is 5.47. The molecule has 5 nitrogen and oxygen atoms in total. The molecule has 1 aliphatic heterocycles. The van der Waals surface area contributed by atoms with E-state index in [0.29, 0.717) is 24.3 Å². The van der Waals surface area contributed by atoms with E-state index in [2.05, 4.69) is 0 Å². The second kappa shape index (κ2) is 7.01. The predicted molar refractivity (Wildman–Crippen MR) is 92.1 cm³/mol. The van der Waals surface area contributed by atoms with Crippen LogP contribution in [0.5, 0.6) is 0 Å². The molecule has 1 aliphatic rings. The first-order valence-electron chi connectivity index (χ1n) is 8.24. The van der Waals surface area contributed by atoms with E-state index in [4.69, 9.17) is 0 Å². The van der Waals surface area contributed by atoms with E-state index in [-0.39, 0.29) is 11.9 Å². The van der Waals surface area contributed by atoms with Crippen molar-refractivity contribution >= 4 is 21.6 Å². The molecule has 0 spiro atoms. The van der Waals surface area contributed by atoms with Gasteiger partial charge in [-0.05, 0) is 43.5 Å². The Morgan fingerprint density at radius 3 is 2.65 bits per heavy atom. The van der Waals surface area contributed by atoms with Crippen LogP contribution in [0.25, 0.3) is 0 Å². The van der Waals surface area contributed by atoms with Gasteiger partial charge < -0.3 is 4.90 Å². The molecule has 2 rings (SSSR count). The molecule has 0 aliphatic carbocycles. The summed E-state index contributed by atoms with van der Waals surface area (Å²) in [4.78, 5) is 14.2. The maximum absolute atomic E-state index is 12.6. The van der Waals surface area contributed by atoms with Crippen molar-refractivity contribution in [2.45, 2.75) is 57.4 Å². The van der Waals surface area contributed by atoms with Crippen molar-refractivity contribution in [2.75, 3.05) is 18.5 Å². The Hall–Kier alpha value is -1.40. The van der Waals surface area contributed by atoms with E-state index < -0.39 is 10.0 Å². The van der Waals surface area contributed by atoms with Gasteiger partial charge in [0, 0.05) is 31.7 Å². The highest BCUT2D eigenvalue weighted by Gasteiger charge is 2.31. The van der Waals surface area contributed by atoms with Gasteiger partial charge in [-0.15, -0.1) is 0 Å². The summed E-state index contributed by atoms with van der Waals surface area (Å²) < 4.78 is 26.7. The summed E-state index contributed by atoms with van der Waals surface area (Å²) in [5, 5.41) is 0. The first-order valence-corrected chi connectivity index (χ1v) is 9.68. The molecule has 1 aromatic carbocycles. The molecule has 1 aromatic rings. The van der Waals surface area contributed by atoms with Gasteiger partial charge in [0.25, 0.3) is 0 Å². The van der Waals surface area contributed by atoms with Crippen molar-refractivity contribution in [3.05, 3.63) is 23.8 Å². The molecule has 23 heavy (non-hydrogen) atoms. The van der Waals surface area contributed by atoms with E-state index in [1.54, 1.807) is 30.1 Å². The molecule has 1 heterocycles. The summed E-state index contributed by atoms with van der Waals surface area (Å²) in [5.41, 5.74) is 1.78. The summed E-state index contributed by atoms with van der Waals surface area (Å²) in [6.45, 7) is 6.40. The van der Waals surface area contributed by atoms with Crippen molar-refractivity contribution in [2.24, 2.45) is 0 Å². The lowest BCUT2D eigenvalue weighted by Gasteiger charge is -2.22. The van der Waals surface area contributed by atoms with Crippen LogP contribution in [0.4, 0.5) is 5.69 Å². The number of amides is 1. The van der Waals surface area contributed by atoms with Gasteiger partial charge in [0.1, 0.15) is 0 Å². The molecule has 0 N–H and O–H groups in total. The van der Waals surface area contributed by atoms with Crippen LogP contribution < -0.4 is 4.90 Å². The molecule has 0 radical (unpaired) electrons. The van der Waals surface area contributed by atoms with Crippen LogP contribution in [-0.2, 0) is 21.2 Å². The molecule has 0 aromatic heterocycles. The topological polar surface area (TPSA) is 57.7 Å². The summed E-state index contributed by atoms with van der Waals surface area (Å²) in [6.07, 6.45) is 2.94. The number of rotatable bonds is 6. The van der Waals surface area contributed by atoms with Crippen LogP contribution in [0, 0.1) is 0 Å². The number of anilines is 1. The average Bonchev–Trinajstić information content (AvgIpc) is 2.86. The lowest BCUT2D eigenvalue weighted by atomic mass is 10.1. The minimum absolute atomic E-state index is 0.0759. The molecule has 1 atom stereocenters. The van der Waals surface area contributed by atoms with Gasteiger partial charge in [-0.25, -0.2) is 12.7 Å². The molecule has 128 valence electrons. The molecule has 0 fully saturated rings. The molecular formula is C17H26N2O3S. The number of benzene rings is 1. The maximum atomic E-state index is 12.6. The minimum atomic E-state index is -3.46. The second-order valence-electron chi connectivity index (χ2n) is 6.14. The number of hydrogen-bond acceptors (Lipinski definition) is 3. The van der Waals surface area contributed by atoms with Crippen molar-refractivity contribution in [1.82, 2.24) is 4.31 Å². The summed E-state index contributed by atoms with van der Waals surface area (Å²) in [6, 6.07) is 5.19. The number of carbonyl (C=O) groups excluding carboxylic acids is 1. The smallest absolute Gasteiger partial charge is 0.242 e. The minimum Gasteiger partial charge on any atom is -0.309 e. The van der Waals surface area contributed by atoms with E-state index >= 15 is 0 Å². The van der Waals surface area contributed by atoms with Crippen LogP contribution in [0.15, 0.2) is 23.1 Å². The molecule has 0 bridgehead atoms. The highest BCUT2D eigenvalue weighted by Crippen LogP contribution is 2.34. The number of carbonyl (C=O) groups is 1. The highest BCUT2D eigenvalue weighted by molar-refractivity contribution is 7.89. The highest BCUT2D eigenvalue weighted by atomic mass is 32.2. The van der Waals surface area contributed by atoms with Crippen LogP contribution in [-0.4, -0.2) is 38.3 Å². The summed E-state index contributed by atoms with van der Waals surface area (Å²) >= 11 is 0. The van der Waals surface area contributed by atoms with E-state index in [0.717, 1.165) is 24.1 Å². The maximum Gasteiger partial charge on any atom is 0.242 e. The molecular weight excluding hydrogens is 312 g/mol. The Morgan fingerprint density at radius 2 is 2.04 bits per heavy atom. The van der Waals surface area contributed by atoms with Crippen LogP contribution in [0.2, 0.25) is 0 Å². The lowest BCUT2D eigenvalue weighted by molar-refractivity contribution is -0.118. The predicted octanol–water partition coefficient (Wildman–Crippen LogP) is 2.79. The standard InChI is InChI=1S/C17H26N2O3S/c1-5-7-10-18(4)23(21,22)15-8-9-16-14(12-15)11-13(3)19(16)17(20)6-2/h8-9,12-13H,5-7,10-11H2,1-4H3/t13-/m1/s1. The Labute approximate surface area is 139 Å². The van der Waals surface area contributed by atoms with Crippen LogP contribution >= 0.6 is 0 Å². The normalized spacial score (nSPS) is 17.6. The average molecular weight is 338 g/mol. The third kappa shape index (κ3) is 3.43. The van der Waals surface area contributed by atoms with E-state index in [9.17, 15) is 13.2 Å². The number of hydrogen-bond donors (Lipinski definition) is 0. The lowest BCUT2D eigenvalue weighted by Crippen LogP contribution is -2.35. The van der Waals surface area contributed by atoms with Crippen molar-refractivity contribution in [3.63, 3.8) is 0 Å². The number of nitrogens with zero attached hydrogens (tertiary/aromatic N) is 2. The Balaban J connectivity index is 2.33. The molecule has 0 unspecified atom stereocenters. The second-order valence-corrected chi connectivity index (χ2v) is 8.19. The fourth-order valence-corrected chi connectivity index (χ4v) is 4.26. The fraction of sp³-hybridized carbons (Fsp3) is 0.588. The Morgan fingerprint density at radius 1 is 1.35 bits per heavy atom. The summed E-state index contributed by atoms with van der Waals surface area (Å²) in [7, 11) is -1.84. The fourth-order valence-electron chi connectivity index (χ4n) is 3.00. The first kappa shape index (κ1) is 17.9. The van der Waals surface area contributed by atoms with Crippen LogP contribution in [0.1, 0.15) is 45.6 Å². The van der Waals surface area contributed by atoms with Crippen molar-refractivity contribution < 1.29 is 13.2 Å². The number of unbranched alkanes of at least 4 members (excludes halogenated alkanes) is 1. The SMILES string of the molecule is CCCCN(C)S(=O)(=O)c1ccc2c(c1)C[C@@H](C)N2C(=O)CC. The Bertz CT molecular complexity index is 685. The molecule has 6 heteroatoms. The number of sulfonamides is 1. The molecule has 0 saturated heterocycles. The third-order valence-corrected chi connectivity index (χ3v) is 6.23. The zero-order chi connectivity index (χ0) is 17.2. The van der Waals surface area contributed by atoms with E-state index in [1.165, 1.54) is 4.31 Å². The zero-order valence-electron chi connectivity index (χ0n) is 14.4. The van der Waals surface area contributed by atoms with Gasteiger partial charge in [0.2, 0.25) is 15.9 Å². The summed E-state index contributed by atoms with van der Waals surface area (Å²) in [5.74, 6) is 0.0759. The quantitative estimate of drug-likeness (QED) is 0.801. The van der Waals surface area contributed by atoms with E-state index in [1.807, 2.05) is 20.8 Å². The van der Waals surface area contributed by atoms with Gasteiger partial charge in [-0.3, -0.25) is 4.79 Å².